The molecule has 8 heteroatoms. The molecule has 3 aromatic rings. The number of rotatable bonds is 4. The number of fused-ring (bicyclic) bond motifs is 1. The standard InChI is InChI=1S/C17H12Cl2N2O3S/c1-24-11-3-4-12-14(7-11)25-16(15(12)19)17(23)21-20-8-9-6-10(18)2-5-13(9)22/h2-8,22H,1H3,(H,21,23)/b20-8+. The quantitative estimate of drug-likeness (QED) is 0.498. The second-order valence-corrected chi connectivity index (χ2v) is 6.88. The molecule has 0 fully saturated rings. The van der Waals surface area contributed by atoms with Crippen molar-refractivity contribution in [2.24, 2.45) is 5.10 Å². The van der Waals surface area contributed by atoms with Crippen LogP contribution in [0.15, 0.2) is 41.5 Å². The van der Waals surface area contributed by atoms with Crippen molar-refractivity contribution in [3.63, 3.8) is 0 Å². The number of carbonyl (C=O) groups excluding carboxylic acids is 1. The summed E-state index contributed by atoms with van der Waals surface area (Å²) in [5.41, 5.74) is 2.78. The molecule has 0 radical (unpaired) electrons. The zero-order valence-electron chi connectivity index (χ0n) is 12.9. The first-order chi connectivity index (χ1) is 12.0. The number of hydrogen-bond acceptors (Lipinski definition) is 5. The van der Waals surface area contributed by atoms with Gasteiger partial charge in [0.25, 0.3) is 5.91 Å². The summed E-state index contributed by atoms with van der Waals surface area (Å²) in [7, 11) is 1.57. The molecular weight excluding hydrogens is 383 g/mol. The van der Waals surface area contributed by atoms with Crippen molar-refractivity contribution in [3.05, 3.63) is 56.9 Å². The SMILES string of the molecule is COc1ccc2c(Cl)c(C(=O)N/N=C/c3cc(Cl)ccc3O)sc2c1. The molecule has 128 valence electrons. The number of benzene rings is 2. The van der Waals surface area contributed by atoms with Crippen LogP contribution in [-0.4, -0.2) is 24.3 Å². The largest absolute Gasteiger partial charge is 0.507 e. The van der Waals surface area contributed by atoms with E-state index in [1.54, 1.807) is 25.3 Å². The van der Waals surface area contributed by atoms with E-state index in [2.05, 4.69) is 10.5 Å². The van der Waals surface area contributed by atoms with E-state index in [0.717, 1.165) is 10.1 Å². The summed E-state index contributed by atoms with van der Waals surface area (Å²) in [6.45, 7) is 0. The Bertz CT molecular complexity index is 985. The Morgan fingerprint density at radius 2 is 2.08 bits per heavy atom. The molecule has 25 heavy (non-hydrogen) atoms. The Balaban J connectivity index is 1.81. The Kier molecular flexibility index (Phi) is 5.13. The minimum atomic E-state index is -0.442. The maximum absolute atomic E-state index is 12.3. The smallest absolute Gasteiger partial charge is 0.283 e. The Morgan fingerprint density at radius 3 is 2.84 bits per heavy atom. The van der Waals surface area contributed by atoms with E-state index in [0.29, 0.717) is 26.2 Å². The molecule has 5 nitrogen and oxygen atoms in total. The third-order valence-corrected chi connectivity index (χ3v) is 5.29. The molecule has 0 bridgehead atoms. The molecule has 0 unspecified atom stereocenters. The molecule has 2 aromatic carbocycles. The number of aromatic hydroxyl groups is 1. The summed E-state index contributed by atoms with van der Waals surface area (Å²) in [5.74, 6) is 0.254. The number of amides is 1. The van der Waals surface area contributed by atoms with E-state index in [1.165, 1.54) is 29.7 Å². The topological polar surface area (TPSA) is 70.9 Å². The average Bonchev–Trinajstić information content (AvgIpc) is 2.94. The van der Waals surface area contributed by atoms with Gasteiger partial charge in [-0.05, 0) is 36.4 Å². The number of halogens is 2. The molecule has 0 saturated heterocycles. The number of phenolic OH excluding ortho intramolecular Hbond substituents is 1. The monoisotopic (exact) mass is 394 g/mol. The lowest BCUT2D eigenvalue weighted by molar-refractivity contribution is 0.0959. The number of phenols is 1. The number of thiophene rings is 1. The number of carbonyl (C=O) groups is 1. The first kappa shape index (κ1) is 17.5. The minimum Gasteiger partial charge on any atom is -0.507 e. The van der Waals surface area contributed by atoms with Crippen LogP contribution in [0, 0.1) is 0 Å². The molecule has 0 aliphatic carbocycles. The molecule has 1 amide bonds. The molecule has 0 spiro atoms. The fourth-order valence-electron chi connectivity index (χ4n) is 2.16. The third-order valence-electron chi connectivity index (χ3n) is 3.40. The fraction of sp³-hybridized carbons (Fsp3) is 0.0588. The van der Waals surface area contributed by atoms with Gasteiger partial charge in [0, 0.05) is 20.7 Å². The van der Waals surface area contributed by atoms with Gasteiger partial charge in [-0.1, -0.05) is 23.2 Å². The molecule has 0 saturated carbocycles. The molecule has 1 heterocycles. The third kappa shape index (κ3) is 3.71. The normalized spacial score (nSPS) is 11.2. The molecule has 0 atom stereocenters. The molecule has 0 aliphatic heterocycles. The van der Waals surface area contributed by atoms with E-state index in [-0.39, 0.29) is 5.75 Å². The van der Waals surface area contributed by atoms with Crippen molar-refractivity contribution in [1.29, 1.82) is 0 Å². The summed E-state index contributed by atoms with van der Waals surface area (Å²) in [6, 6.07) is 9.93. The highest BCUT2D eigenvalue weighted by molar-refractivity contribution is 7.21. The highest BCUT2D eigenvalue weighted by Crippen LogP contribution is 2.37. The first-order valence-corrected chi connectivity index (χ1v) is 8.65. The van der Waals surface area contributed by atoms with Crippen LogP contribution < -0.4 is 10.2 Å². The van der Waals surface area contributed by atoms with E-state index in [9.17, 15) is 9.90 Å². The summed E-state index contributed by atoms with van der Waals surface area (Å²) in [4.78, 5) is 12.7. The van der Waals surface area contributed by atoms with Crippen molar-refractivity contribution < 1.29 is 14.6 Å². The fourth-order valence-corrected chi connectivity index (χ4v) is 3.77. The predicted octanol–water partition coefficient (Wildman–Crippen LogP) is 4.69. The van der Waals surface area contributed by atoms with E-state index in [4.69, 9.17) is 27.9 Å². The first-order valence-electron chi connectivity index (χ1n) is 7.07. The van der Waals surface area contributed by atoms with Crippen LogP contribution in [0.2, 0.25) is 10.0 Å². The summed E-state index contributed by atoms with van der Waals surface area (Å²) in [6.07, 6.45) is 1.31. The van der Waals surface area contributed by atoms with E-state index >= 15 is 0 Å². The van der Waals surface area contributed by atoms with Crippen LogP contribution in [0.25, 0.3) is 10.1 Å². The lowest BCUT2D eigenvalue weighted by atomic mass is 10.2. The maximum atomic E-state index is 12.3. The van der Waals surface area contributed by atoms with Gasteiger partial charge in [-0.25, -0.2) is 5.43 Å². The number of nitrogens with zero attached hydrogens (tertiary/aromatic N) is 1. The number of nitrogens with one attached hydrogen (secondary N) is 1. The van der Waals surface area contributed by atoms with E-state index < -0.39 is 5.91 Å². The zero-order valence-corrected chi connectivity index (χ0v) is 15.2. The van der Waals surface area contributed by atoms with Gasteiger partial charge < -0.3 is 9.84 Å². The van der Waals surface area contributed by atoms with Crippen LogP contribution in [0.1, 0.15) is 15.2 Å². The Morgan fingerprint density at radius 1 is 1.28 bits per heavy atom. The predicted molar refractivity (Wildman–Crippen MR) is 102 cm³/mol. The van der Waals surface area contributed by atoms with Gasteiger partial charge in [-0.2, -0.15) is 5.10 Å². The van der Waals surface area contributed by atoms with Crippen LogP contribution in [0.4, 0.5) is 0 Å². The molecule has 2 N–H and O–H groups in total. The lowest BCUT2D eigenvalue weighted by Gasteiger charge is -2.00. The van der Waals surface area contributed by atoms with Crippen LogP contribution in [-0.2, 0) is 0 Å². The van der Waals surface area contributed by atoms with Gasteiger partial charge >= 0.3 is 0 Å². The lowest BCUT2D eigenvalue weighted by Crippen LogP contribution is -2.16. The average molecular weight is 395 g/mol. The van der Waals surface area contributed by atoms with Gasteiger partial charge in [0.1, 0.15) is 16.4 Å². The van der Waals surface area contributed by atoms with Gasteiger partial charge in [0.15, 0.2) is 0 Å². The number of methoxy groups -OCH3 is 1. The minimum absolute atomic E-state index is 0.00869. The van der Waals surface area contributed by atoms with Gasteiger partial charge in [0.2, 0.25) is 0 Å². The van der Waals surface area contributed by atoms with Crippen molar-refractivity contribution in [1.82, 2.24) is 5.43 Å². The highest BCUT2D eigenvalue weighted by Gasteiger charge is 2.17. The maximum Gasteiger partial charge on any atom is 0.283 e. The van der Waals surface area contributed by atoms with Gasteiger partial charge in [-0.3, -0.25) is 4.79 Å². The van der Waals surface area contributed by atoms with Gasteiger partial charge in [-0.15, -0.1) is 11.3 Å². The van der Waals surface area contributed by atoms with Crippen LogP contribution in [0.3, 0.4) is 0 Å². The molecule has 0 aliphatic rings. The van der Waals surface area contributed by atoms with E-state index in [1.807, 2.05) is 6.07 Å². The van der Waals surface area contributed by atoms with Crippen LogP contribution in [0.5, 0.6) is 11.5 Å². The van der Waals surface area contributed by atoms with Gasteiger partial charge in [0.05, 0.1) is 18.3 Å². The van der Waals surface area contributed by atoms with Crippen molar-refractivity contribution >= 4 is 56.7 Å². The molecule has 3 rings (SSSR count). The number of ether oxygens (including phenoxy) is 1. The number of hydrogen-bond donors (Lipinski definition) is 2. The zero-order chi connectivity index (χ0) is 18.0. The summed E-state index contributed by atoms with van der Waals surface area (Å²) in [5, 5.41) is 15.1. The second kappa shape index (κ2) is 7.31. The van der Waals surface area contributed by atoms with Crippen molar-refractivity contribution in [2.75, 3.05) is 7.11 Å². The summed E-state index contributed by atoms with van der Waals surface area (Å²) >= 11 is 13.4. The molecular formula is C17H12Cl2N2O3S. The molecule has 1 aromatic heterocycles. The second-order valence-electron chi connectivity index (χ2n) is 5.01. The Labute approximate surface area is 157 Å². The van der Waals surface area contributed by atoms with Crippen molar-refractivity contribution in [3.8, 4) is 11.5 Å². The highest BCUT2D eigenvalue weighted by atomic mass is 35.5. The summed E-state index contributed by atoms with van der Waals surface area (Å²) < 4.78 is 6.01. The Hall–Kier alpha value is -2.28. The van der Waals surface area contributed by atoms with Crippen molar-refractivity contribution in [2.45, 2.75) is 0 Å². The number of hydrazone groups is 1. The van der Waals surface area contributed by atoms with Crippen LogP contribution >= 0.6 is 34.5 Å².